The van der Waals surface area contributed by atoms with Gasteiger partial charge in [0.15, 0.2) is 0 Å². The summed E-state index contributed by atoms with van der Waals surface area (Å²) in [5, 5.41) is 4.98. The van der Waals surface area contributed by atoms with E-state index in [2.05, 4.69) is 16.7 Å². The summed E-state index contributed by atoms with van der Waals surface area (Å²) in [5.41, 5.74) is 2.35. The van der Waals surface area contributed by atoms with Crippen LogP contribution in [0.1, 0.15) is 30.9 Å². The number of hydrogen-bond donors (Lipinski definition) is 2. The first-order valence-corrected chi connectivity index (χ1v) is 7.79. The second kappa shape index (κ2) is 8.64. The van der Waals surface area contributed by atoms with Gasteiger partial charge in [0.25, 0.3) is 0 Å². The van der Waals surface area contributed by atoms with Crippen molar-refractivity contribution >= 4 is 23.7 Å². The highest BCUT2D eigenvalue weighted by Crippen LogP contribution is 2.22. The van der Waals surface area contributed by atoms with Crippen LogP contribution in [0.2, 0.25) is 0 Å². The van der Waals surface area contributed by atoms with Crippen molar-refractivity contribution in [2.75, 3.05) is 12.3 Å². The molecule has 0 atom stereocenters. The van der Waals surface area contributed by atoms with Gasteiger partial charge in [0.2, 0.25) is 5.91 Å². The van der Waals surface area contributed by atoms with Gasteiger partial charge < -0.3 is 5.32 Å². The fourth-order valence-corrected chi connectivity index (χ4v) is 2.50. The summed E-state index contributed by atoms with van der Waals surface area (Å²) >= 11 is 1.44. The Labute approximate surface area is 124 Å². The van der Waals surface area contributed by atoms with Gasteiger partial charge in [-0.25, -0.2) is 4.79 Å². The Balaban J connectivity index is 2.34. The van der Waals surface area contributed by atoms with Gasteiger partial charge in [0, 0.05) is 11.4 Å². The molecule has 0 saturated carbocycles. The van der Waals surface area contributed by atoms with Crippen LogP contribution in [0.25, 0.3) is 0 Å². The SMILES string of the molecule is CCCCNC(=O)NC(=O)CSc1ccc(C)cc1C. The third-order valence-corrected chi connectivity index (χ3v) is 3.93. The molecule has 0 aliphatic rings. The molecule has 0 saturated heterocycles. The lowest BCUT2D eigenvalue weighted by Gasteiger charge is -2.08. The van der Waals surface area contributed by atoms with E-state index >= 15 is 0 Å². The molecule has 0 bridgehead atoms. The van der Waals surface area contributed by atoms with Gasteiger partial charge in [-0.15, -0.1) is 11.8 Å². The number of hydrogen-bond acceptors (Lipinski definition) is 3. The van der Waals surface area contributed by atoms with Gasteiger partial charge in [-0.05, 0) is 31.9 Å². The number of urea groups is 1. The predicted molar refractivity (Wildman–Crippen MR) is 83.1 cm³/mol. The second-order valence-corrected chi connectivity index (χ2v) is 5.73. The molecular weight excluding hydrogens is 272 g/mol. The summed E-state index contributed by atoms with van der Waals surface area (Å²) in [7, 11) is 0. The van der Waals surface area contributed by atoms with Crippen LogP contribution in [0.4, 0.5) is 4.79 Å². The maximum absolute atomic E-state index is 11.6. The van der Waals surface area contributed by atoms with Crippen LogP contribution in [-0.2, 0) is 4.79 Å². The maximum atomic E-state index is 11.6. The zero-order chi connectivity index (χ0) is 15.0. The third-order valence-electron chi connectivity index (χ3n) is 2.76. The summed E-state index contributed by atoms with van der Waals surface area (Å²) in [6, 6.07) is 5.69. The van der Waals surface area contributed by atoms with Gasteiger partial charge in [-0.3, -0.25) is 10.1 Å². The van der Waals surface area contributed by atoms with Gasteiger partial charge in [0.1, 0.15) is 0 Å². The van der Waals surface area contributed by atoms with E-state index in [0.29, 0.717) is 6.54 Å². The molecule has 0 aliphatic carbocycles. The second-order valence-electron chi connectivity index (χ2n) is 4.72. The van der Waals surface area contributed by atoms with E-state index in [-0.39, 0.29) is 11.7 Å². The molecular formula is C15H22N2O2S. The van der Waals surface area contributed by atoms with Crippen molar-refractivity contribution in [2.45, 2.75) is 38.5 Å². The standard InChI is InChI=1S/C15H22N2O2S/c1-4-5-8-16-15(19)17-14(18)10-20-13-7-6-11(2)9-12(13)3/h6-7,9H,4-5,8,10H2,1-3H3,(H2,16,17,18,19). The minimum atomic E-state index is -0.412. The molecule has 110 valence electrons. The molecule has 0 fully saturated rings. The molecule has 2 N–H and O–H groups in total. The Morgan fingerprint density at radius 3 is 2.65 bits per heavy atom. The van der Waals surface area contributed by atoms with Crippen molar-refractivity contribution in [1.29, 1.82) is 0 Å². The highest BCUT2D eigenvalue weighted by Gasteiger charge is 2.08. The van der Waals surface area contributed by atoms with Crippen LogP contribution in [0.5, 0.6) is 0 Å². The number of carbonyl (C=O) groups is 2. The monoisotopic (exact) mass is 294 g/mol. The van der Waals surface area contributed by atoms with Crippen molar-refractivity contribution < 1.29 is 9.59 Å². The number of aryl methyl sites for hydroxylation is 2. The van der Waals surface area contributed by atoms with Gasteiger partial charge in [-0.1, -0.05) is 31.0 Å². The summed E-state index contributed by atoms with van der Waals surface area (Å²) in [6.45, 7) is 6.70. The molecule has 0 unspecified atom stereocenters. The average molecular weight is 294 g/mol. The minimum Gasteiger partial charge on any atom is -0.338 e. The van der Waals surface area contributed by atoms with Crippen LogP contribution in [0.3, 0.4) is 0 Å². The topological polar surface area (TPSA) is 58.2 Å². The van der Waals surface area contributed by atoms with Crippen molar-refractivity contribution in [1.82, 2.24) is 10.6 Å². The van der Waals surface area contributed by atoms with E-state index in [1.807, 2.05) is 32.9 Å². The smallest absolute Gasteiger partial charge is 0.321 e. The average Bonchev–Trinajstić information content (AvgIpc) is 2.38. The number of nitrogens with one attached hydrogen (secondary N) is 2. The molecule has 0 aromatic heterocycles. The molecule has 0 spiro atoms. The largest absolute Gasteiger partial charge is 0.338 e. The van der Waals surface area contributed by atoms with Gasteiger partial charge >= 0.3 is 6.03 Å². The number of carbonyl (C=O) groups excluding carboxylic acids is 2. The first kappa shape index (κ1) is 16.6. The first-order valence-electron chi connectivity index (χ1n) is 6.80. The lowest BCUT2D eigenvalue weighted by molar-refractivity contribution is -0.117. The van der Waals surface area contributed by atoms with Crippen molar-refractivity contribution in [3.63, 3.8) is 0 Å². The van der Waals surface area contributed by atoms with E-state index in [1.165, 1.54) is 17.3 Å². The molecule has 0 radical (unpaired) electrons. The zero-order valence-corrected chi connectivity index (χ0v) is 13.1. The van der Waals surface area contributed by atoms with E-state index in [9.17, 15) is 9.59 Å². The third kappa shape index (κ3) is 6.10. The highest BCUT2D eigenvalue weighted by molar-refractivity contribution is 8.00. The number of benzene rings is 1. The van der Waals surface area contributed by atoms with Crippen LogP contribution < -0.4 is 10.6 Å². The maximum Gasteiger partial charge on any atom is 0.321 e. The van der Waals surface area contributed by atoms with E-state index < -0.39 is 6.03 Å². The number of unbranched alkanes of at least 4 members (excludes halogenated alkanes) is 1. The highest BCUT2D eigenvalue weighted by atomic mass is 32.2. The summed E-state index contributed by atoms with van der Waals surface area (Å²) in [5.74, 6) is -0.0329. The van der Waals surface area contributed by atoms with Crippen molar-refractivity contribution in [3.8, 4) is 0 Å². The van der Waals surface area contributed by atoms with Gasteiger partial charge in [0.05, 0.1) is 5.75 Å². The number of rotatable bonds is 6. The molecule has 20 heavy (non-hydrogen) atoms. The molecule has 1 rings (SSSR count). The Kier molecular flexibility index (Phi) is 7.15. The lowest BCUT2D eigenvalue weighted by Crippen LogP contribution is -2.40. The van der Waals surface area contributed by atoms with Crippen LogP contribution >= 0.6 is 11.8 Å². The quantitative estimate of drug-likeness (QED) is 0.626. The van der Waals surface area contributed by atoms with Crippen molar-refractivity contribution in [3.05, 3.63) is 29.3 Å². The van der Waals surface area contributed by atoms with E-state index in [0.717, 1.165) is 23.3 Å². The van der Waals surface area contributed by atoms with Crippen molar-refractivity contribution in [2.24, 2.45) is 0 Å². The molecule has 0 heterocycles. The molecule has 1 aromatic rings. The summed E-state index contributed by atoms with van der Waals surface area (Å²) < 4.78 is 0. The molecule has 3 amide bonds. The predicted octanol–water partition coefficient (Wildman–Crippen LogP) is 3.02. The van der Waals surface area contributed by atoms with Crippen LogP contribution in [0.15, 0.2) is 23.1 Å². The number of thioether (sulfide) groups is 1. The number of amides is 3. The summed E-state index contributed by atoms with van der Waals surface area (Å²) in [6.07, 6.45) is 1.93. The Hall–Kier alpha value is -1.49. The van der Waals surface area contributed by atoms with E-state index in [4.69, 9.17) is 0 Å². The number of imide groups is 1. The molecule has 1 aromatic carbocycles. The lowest BCUT2D eigenvalue weighted by atomic mass is 10.2. The molecule has 5 heteroatoms. The Morgan fingerprint density at radius 2 is 2.00 bits per heavy atom. The first-order chi connectivity index (χ1) is 9.52. The fraction of sp³-hybridized carbons (Fsp3) is 0.467. The van der Waals surface area contributed by atoms with Crippen LogP contribution in [0, 0.1) is 13.8 Å². The zero-order valence-electron chi connectivity index (χ0n) is 12.3. The van der Waals surface area contributed by atoms with Gasteiger partial charge in [-0.2, -0.15) is 0 Å². The van der Waals surface area contributed by atoms with E-state index in [1.54, 1.807) is 0 Å². The fourth-order valence-electron chi connectivity index (χ4n) is 1.69. The minimum absolute atomic E-state index is 0.241. The van der Waals surface area contributed by atoms with Crippen LogP contribution in [-0.4, -0.2) is 24.2 Å². The molecule has 0 aliphatic heterocycles. The Bertz CT molecular complexity index is 475. The normalized spacial score (nSPS) is 10.2. The Morgan fingerprint density at radius 1 is 1.25 bits per heavy atom. The molecule has 4 nitrogen and oxygen atoms in total. The summed E-state index contributed by atoms with van der Waals surface area (Å²) in [4.78, 5) is 24.1.